The van der Waals surface area contributed by atoms with Crippen molar-refractivity contribution in [3.8, 4) is 11.5 Å². The number of hydrogen-bond acceptors (Lipinski definition) is 9. The van der Waals surface area contributed by atoms with E-state index in [9.17, 15) is 14.4 Å². The molecule has 5 rings (SSSR count). The molecule has 0 radical (unpaired) electrons. The number of aromatic nitrogens is 1. The first kappa shape index (κ1) is 23.6. The zero-order chi connectivity index (χ0) is 25.4. The van der Waals surface area contributed by atoms with E-state index in [0.717, 1.165) is 5.56 Å². The van der Waals surface area contributed by atoms with Crippen molar-refractivity contribution in [2.24, 2.45) is 4.99 Å². The summed E-state index contributed by atoms with van der Waals surface area (Å²) in [5, 5.41) is 0. The third-order valence-electron chi connectivity index (χ3n) is 5.86. The number of methoxy groups -OCH3 is 1. The standard InChI is InChI=1S/C26H22N2O7S/c1-4-33-25(31)21-14(2)27-26-28(22(21)17-9-10-18-19(12-17)35-13-34-18)23(29)20(36-26)11-15-5-7-16(8-6-15)24(30)32-3/h5-12,22H,4,13H2,1-3H3. The maximum atomic E-state index is 13.7. The van der Waals surface area contributed by atoms with Gasteiger partial charge in [-0.3, -0.25) is 9.36 Å². The number of thiazole rings is 1. The molecule has 0 spiro atoms. The molecule has 0 saturated heterocycles. The van der Waals surface area contributed by atoms with Gasteiger partial charge >= 0.3 is 11.9 Å². The Hall–Kier alpha value is -4.18. The van der Waals surface area contributed by atoms with Gasteiger partial charge in [0.25, 0.3) is 5.56 Å². The van der Waals surface area contributed by atoms with E-state index in [-0.39, 0.29) is 24.5 Å². The lowest BCUT2D eigenvalue weighted by Gasteiger charge is -2.24. The minimum absolute atomic E-state index is 0.107. The highest BCUT2D eigenvalue weighted by Crippen LogP contribution is 2.38. The summed E-state index contributed by atoms with van der Waals surface area (Å²) in [5.41, 5.74) is 2.28. The van der Waals surface area contributed by atoms with Gasteiger partial charge in [-0.05, 0) is 55.3 Å². The van der Waals surface area contributed by atoms with Crippen LogP contribution in [0.1, 0.15) is 41.4 Å². The van der Waals surface area contributed by atoms with E-state index in [4.69, 9.17) is 18.9 Å². The van der Waals surface area contributed by atoms with Gasteiger partial charge in [0, 0.05) is 0 Å². The average Bonchev–Trinajstić information content (AvgIpc) is 3.47. The molecule has 1 atom stereocenters. The van der Waals surface area contributed by atoms with Gasteiger partial charge in [0.15, 0.2) is 16.3 Å². The molecule has 1 aromatic heterocycles. The minimum atomic E-state index is -0.751. The van der Waals surface area contributed by atoms with Crippen LogP contribution in [-0.2, 0) is 14.3 Å². The smallest absolute Gasteiger partial charge is 0.338 e. The maximum absolute atomic E-state index is 13.7. The van der Waals surface area contributed by atoms with Crippen LogP contribution in [0.4, 0.5) is 0 Å². The molecule has 2 aromatic carbocycles. The molecule has 0 saturated carbocycles. The second-order valence-electron chi connectivity index (χ2n) is 8.03. The lowest BCUT2D eigenvalue weighted by Crippen LogP contribution is -2.39. The Kier molecular flexibility index (Phi) is 6.19. The van der Waals surface area contributed by atoms with Crippen LogP contribution in [0.25, 0.3) is 6.08 Å². The van der Waals surface area contributed by atoms with E-state index >= 15 is 0 Å². The van der Waals surface area contributed by atoms with Crippen molar-refractivity contribution in [1.82, 2.24) is 4.57 Å². The van der Waals surface area contributed by atoms with Gasteiger partial charge in [0.05, 0.1) is 41.1 Å². The predicted octanol–water partition coefficient (Wildman–Crippen LogP) is 2.31. The van der Waals surface area contributed by atoms with E-state index < -0.39 is 18.0 Å². The summed E-state index contributed by atoms with van der Waals surface area (Å²) in [5.74, 6) is 0.166. The van der Waals surface area contributed by atoms with Crippen molar-refractivity contribution in [3.63, 3.8) is 0 Å². The number of allylic oxidation sites excluding steroid dienone is 1. The fourth-order valence-corrected chi connectivity index (χ4v) is 5.22. The average molecular weight is 507 g/mol. The molecule has 0 fully saturated rings. The zero-order valence-corrected chi connectivity index (χ0v) is 20.6. The molecular weight excluding hydrogens is 484 g/mol. The first-order valence-corrected chi connectivity index (χ1v) is 12.0. The molecule has 0 aliphatic carbocycles. The molecule has 1 unspecified atom stereocenters. The molecule has 10 heteroatoms. The third-order valence-corrected chi connectivity index (χ3v) is 6.84. The van der Waals surface area contributed by atoms with Crippen molar-refractivity contribution < 1.29 is 28.5 Å². The van der Waals surface area contributed by atoms with Gasteiger partial charge in [-0.15, -0.1) is 0 Å². The molecule has 9 nitrogen and oxygen atoms in total. The molecule has 3 heterocycles. The van der Waals surface area contributed by atoms with Crippen LogP contribution in [0.3, 0.4) is 0 Å². The highest BCUT2D eigenvalue weighted by atomic mass is 32.1. The number of benzene rings is 2. The van der Waals surface area contributed by atoms with E-state index in [1.165, 1.54) is 23.0 Å². The van der Waals surface area contributed by atoms with Gasteiger partial charge in [0.2, 0.25) is 6.79 Å². The zero-order valence-electron chi connectivity index (χ0n) is 19.8. The molecule has 36 heavy (non-hydrogen) atoms. The number of rotatable bonds is 5. The van der Waals surface area contributed by atoms with Crippen molar-refractivity contribution >= 4 is 29.4 Å². The second kappa shape index (κ2) is 9.46. The largest absolute Gasteiger partial charge is 0.465 e. The molecule has 0 amide bonds. The predicted molar refractivity (Wildman–Crippen MR) is 131 cm³/mol. The van der Waals surface area contributed by atoms with E-state index in [0.29, 0.717) is 37.7 Å². The lowest BCUT2D eigenvalue weighted by atomic mass is 9.95. The fourth-order valence-electron chi connectivity index (χ4n) is 4.17. The summed E-state index contributed by atoms with van der Waals surface area (Å²) in [6, 6.07) is 11.3. The number of esters is 2. The summed E-state index contributed by atoms with van der Waals surface area (Å²) < 4.78 is 23.0. The number of carbonyl (C=O) groups excluding carboxylic acids is 2. The van der Waals surface area contributed by atoms with Crippen molar-refractivity contribution in [2.45, 2.75) is 19.9 Å². The maximum Gasteiger partial charge on any atom is 0.338 e. The Labute approximate surface area is 209 Å². The van der Waals surface area contributed by atoms with Crippen LogP contribution in [0.15, 0.2) is 63.5 Å². The first-order valence-electron chi connectivity index (χ1n) is 11.2. The highest BCUT2D eigenvalue weighted by Gasteiger charge is 2.34. The second-order valence-corrected chi connectivity index (χ2v) is 9.04. The van der Waals surface area contributed by atoms with E-state index in [1.807, 2.05) is 0 Å². The minimum Gasteiger partial charge on any atom is -0.465 e. The van der Waals surface area contributed by atoms with Gasteiger partial charge in [-0.1, -0.05) is 29.5 Å². The summed E-state index contributed by atoms with van der Waals surface area (Å²) in [6.45, 7) is 3.75. The summed E-state index contributed by atoms with van der Waals surface area (Å²) >= 11 is 1.22. The van der Waals surface area contributed by atoms with Crippen LogP contribution in [0, 0.1) is 0 Å². The Morgan fingerprint density at radius 3 is 2.61 bits per heavy atom. The SMILES string of the molecule is CCOC(=O)C1=C(C)N=c2sc(=Cc3ccc(C(=O)OC)cc3)c(=O)n2C1c1ccc2c(c1)OCO2. The topological polar surface area (TPSA) is 105 Å². The number of carbonyl (C=O) groups is 2. The number of hydrogen-bond donors (Lipinski definition) is 0. The Morgan fingerprint density at radius 2 is 1.89 bits per heavy atom. The Balaban J connectivity index is 1.66. The fraction of sp³-hybridized carbons (Fsp3) is 0.231. The number of fused-ring (bicyclic) bond motifs is 2. The quantitative estimate of drug-likeness (QED) is 0.489. The van der Waals surface area contributed by atoms with Gasteiger partial charge in [0.1, 0.15) is 0 Å². The van der Waals surface area contributed by atoms with Crippen LogP contribution in [0.5, 0.6) is 11.5 Å². The van der Waals surface area contributed by atoms with Gasteiger partial charge < -0.3 is 18.9 Å². The molecule has 2 aliphatic rings. The molecule has 2 aliphatic heterocycles. The lowest BCUT2D eigenvalue weighted by molar-refractivity contribution is -0.139. The summed E-state index contributed by atoms with van der Waals surface area (Å²) in [6.07, 6.45) is 1.73. The van der Waals surface area contributed by atoms with Gasteiger partial charge in [-0.2, -0.15) is 0 Å². The highest BCUT2D eigenvalue weighted by molar-refractivity contribution is 7.07. The molecule has 0 N–H and O–H groups in total. The van der Waals surface area contributed by atoms with Crippen LogP contribution in [-0.4, -0.2) is 37.0 Å². The summed E-state index contributed by atoms with van der Waals surface area (Å²) in [4.78, 5) is 43.4. The molecule has 184 valence electrons. The Morgan fingerprint density at radius 1 is 1.14 bits per heavy atom. The van der Waals surface area contributed by atoms with E-state index in [2.05, 4.69) is 4.99 Å². The monoisotopic (exact) mass is 506 g/mol. The number of nitrogens with zero attached hydrogens (tertiary/aromatic N) is 2. The summed E-state index contributed by atoms with van der Waals surface area (Å²) in [7, 11) is 1.32. The van der Waals surface area contributed by atoms with Crippen LogP contribution in [0.2, 0.25) is 0 Å². The van der Waals surface area contributed by atoms with Crippen molar-refractivity contribution in [1.29, 1.82) is 0 Å². The first-order chi connectivity index (χ1) is 17.4. The van der Waals surface area contributed by atoms with Gasteiger partial charge in [-0.25, -0.2) is 14.6 Å². The van der Waals surface area contributed by atoms with Crippen molar-refractivity contribution in [3.05, 3.63) is 90.1 Å². The van der Waals surface area contributed by atoms with E-state index in [1.54, 1.807) is 62.4 Å². The number of ether oxygens (including phenoxy) is 4. The normalized spacial score (nSPS) is 16.4. The molecular formula is C26H22N2O7S. The van der Waals surface area contributed by atoms with Crippen molar-refractivity contribution in [2.75, 3.05) is 20.5 Å². The molecule has 3 aromatic rings. The molecule has 0 bridgehead atoms. The van der Waals surface area contributed by atoms with Crippen LogP contribution < -0.4 is 24.4 Å². The third kappa shape index (κ3) is 4.09. The van der Waals surface area contributed by atoms with Crippen LogP contribution >= 0.6 is 11.3 Å². The Bertz CT molecular complexity index is 1580.